The number of imidazole rings is 1. The van der Waals surface area contributed by atoms with Crippen LogP contribution >= 0.6 is 0 Å². The Morgan fingerprint density at radius 3 is 2.88 bits per heavy atom. The fourth-order valence-electron chi connectivity index (χ4n) is 4.05. The highest BCUT2D eigenvalue weighted by Gasteiger charge is 2.34. The van der Waals surface area contributed by atoms with Crippen molar-refractivity contribution in [3.63, 3.8) is 0 Å². The van der Waals surface area contributed by atoms with Gasteiger partial charge in [-0.25, -0.2) is 10.5 Å². The van der Waals surface area contributed by atoms with Gasteiger partial charge >= 0.3 is 0 Å². The third kappa shape index (κ3) is 4.60. The van der Waals surface area contributed by atoms with Crippen molar-refractivity contribution < 1.29 is 19.2 Å². The number of nitrogens with one attached hydrogen (secondary N) is 3. The molecule has 0 aliphatic carbocycles. The number of methoxy groups -OCH3 is 1. The fourth-order valence-corrected chi connectivity index (χ4v) is 4.05. The second-order valence-corrected chi connectivity index (χ2v) is 8.45. The minimum atomic E-state index is -0.294. The average molecular weight is 468 g/mol. The maximum atomic E-state index is 13.1. The Labute approximate surface area is 197 Å². The van der Waals surface area contributed by atoms with E-state index in [0.29, 0.717) is 48.1 Å². The van der Waals surface area contributed by atoms with Gasteiger partial charge in [0.25, 0.3) is 11.8 Å². The number of anilines is 1. The molecule has 0 saturated carbocycles. The number of aromatic nitrogens is 2. The lowest BCUT2D eigenvalue weighted by atomic mass is 10.1. The molecule has 34 heavy (non-hydrogen) atoms. The molecule has 0 spiro atoms. The molecular weight excluding hydrogens is 438 g/mol. The number of amides is 2. The van der Waals surface area contributed by atoms with E-state index in [1.165, 1.54) is 7.11 Å². The molecule has 3 heterocycles. The molecule has 0 radical (unpaired) electrons. The van der Waals surface area contributed by atoms with Gasteiger partial charge in [0.15, 0.2) is 17.3 Å². The fraction of sp³-hybridized carbons (Fsp3) is 0.391. The maximum Gasteiger partial charge on any atom is 0.287 e. The molecule has 0 bridgehead atoms. The molecule has 3 N–H and O–H groups in total. The van der Waals surface area contributed by atoms with Gasteiger partial charge in [0.2, 0.25) is 5.82 Å². The van der Waals surface area contributed by atoms with Crippen LogP contribution in [0.3, 0.4) is 0 Å². The molecule has 11 heteroatoms. The number of aryl methyl sites for hydroxylation is 1. The van der Waals surface area contributed by atoms with E-state index in [4.69, 9.17) is 9.57 Å². The van der Waals surface area contributed by atoms with Crippen molar-refractivity contribution in [3.8, 4) is 11.5 Å². The minimum Gasteiger partial charge on any atom is -0.493 e. The Morgan fingerprint density at radius 1 is 1.35 bits per heavy atom. The van der Waals surface area contributed by atoms with Gasteiger partial charge in [-0.05, 0) is 26.5 Å². The van der Waals surface area contributed by atoms with Gasteiger partial charge in [-0.2, -0.15) is 0 Å². The monoisotopic (exact) mass is 467 g/mol. The molecule has 11 nitrogen and oxygen atoms in total. The number of carbonyl (C=O) groups is 2. The van der Waals surface area contributed by atoms with E-state index in [-0.39, 0.29) is 29.7 Å². The molecule has 180 valence electrons. The van der Waals surface area contributed by atoms with Gasteiger partial charge in [-0.3, -0.25) is 14.6 Å². The Kier molecular flexibility index (Phi) is 6.55. The van der Waals surface area contributed by atoms with Gasteiger partial charge in [0, 0.05) is 38.5 Å². The van der Waals surface area contributed by atoms with E-state index in [9.17, 15) is 9.59 Å². The van der Waals surface area contributed by atoms with Crippen molar-refractivity contribution in [3.05, 3.63) is 41.9 Å². The number of rotatable bonds is 8. The van der Waals surface area contributed by atoms with Crippen molar-refractivity contribution in [1.82, 2.24) is 25.1 Å². The van der Waals surface area contributed by atoms with E-state index >= 15 is 0 Å². The van der Waals surface area contributed by atoms with Crippen molar-refractivity contribution in [2.24, 2.45) is 12.0 Å². The van der Waals surface area contributed by atoms with E-state index in [1.54, 1.807) is 41.1 Å². The molecule has 2 aliphatic heterocycles. The van der Waals surface area contributed by atoms with Crippen LogP contribution in [0.2, 0.25) is 0 Å². The molecule has 2 aromatic rings. The van der Waals surface area contributed by atoms with E-state index in [1.807, 2.05) is 14.0 Å². The minimum absolute atomic E-state index is 0.0529. The highest BCUT2D eigenvalue weighted by atomic mass is 16.7. The number of aliphatic imine (C=N–C) groups is 1. The molecule has 1 fully saturated rings. The first-order chi connectivity index (χ1) is 16.3. The summed E-state index contributed by atoms with van der Waals surface area (Å²) in [6.45, 7) is 7.05. The normalized spacial score (nSPS) is 17.6. The number of carbonyl (C=O) groups excluding carboxylic acids is 2. The quantitative estimate of drug-likeness (QED) is 0.399. The molecule has 2 amide bonds. The van der Waals surface area contributed by atoms with Gasteiger partial charge in [0.05, 0.1) is 30.6 Å². The first-order valence-electron chi connectivity index (χ1n) is 11.0. The van der Waals surface area contributed by atoms with Crippen LogP contribution in [0.5, 0.6) is 11.5 Å². The SMILES string of the molecule is C=C1C[C@H]2C=Nc3cc(ONc4cn(C)c(C(=O)NC(C)CNC)n4)c(OC)cc3C(=O)N2C1. The number of benzene rings is 1. The zero-order valence-electron chi connectivity index (χ0n) is 19.7. The molecule has 2 atom stereocenters. The summed E-state index contributed by atoms with van der Waals surface area (Å²) in [6.07, 6.45) is 4.11. The number of likely N-dealkylation sites (N-methyl/N-ethyl adjacent to an activating group) is 1. The molecule has 1 saturated heterocycles. The predicted octanol–water partition coefficient (Wildman–Crippen LogP) is 1.66. The molecule has 1 aromatic carbocycles. The first-order valence-corrected chi connectivity index (χ1v) is 11.0. The summed E-state index contributed by atoms with van der Waals surface area (Å²) in [6, 6.07) is 3.11. The lowest BCUT2D eigenvalue weighted by molar-refractivity contribution is 0.0777. The van der Waals surface area contributed by atoms with Crippen molar-refractivity contribution in [2.45, 2.75) is 25.4 Å². The van der Waals surface area contributed by atoms with Crippen LogP contribution in [0.1, 0.15) is 34.3 Å². The van der Waals surface area contributed by atoms with Crippen LogP contribution in [0.15, 0.2) is 35.5 Å². The second kappa shape index (κ2) is 9.56. The van der Waals surface area contributed by atoms with Crippen molar-refractivity contribution in [1.29, 1.82) is 0 Å². The van der Waals surface area contributed by atoms with Gasteiger partial charge in [-0.15, -0.1) is 0 Å². The zero-order valence-corrected chi connectivity index (χ0v) is 19.7. The Bertz CT molecular complexity index is 1160. The van der Waals surface area contributed by atoms with Crippen LogP contribution in [-0.2, 0) is 7.05 Å². The predicted molar refractivity (Wildman–Crippen MR) is 128 cm³/mol. The van der Waals surface area contributed by atoms with Gasteiger partial charge in [0.1, 0.15) is 0 Å². The summed E-state index contributed by atoms with van der Waals surface area (Å²) in [4.78, 5) is 41.9. The lowest BCUT2D eigenvalue weighted by Gasteiger charge is -2.20. The van der Waals surface area contributed by atoms with Gasteiger partial charge < -0.3 is 29.7 Å². The summed E-state index contributed by atoms with van der Waals surface area (Å²) in [5.41, 5.74) is 4.67. The summed E-state index contributed by atoms with van der Waals surface area (Å²) in [7, 11) is 5.04. The van der Waals surface area contributed by atoms with Crippen LogP contribution in [0.4, 0.5) is 11.5 Å². The highest BCUT2D eigenvalue weighted by Crippen LogP contribution is 2.38. The summed E-state index contributed by atoms with van der Waals surface area (Å²) < 4.78 is 7.06. The van der Waals surface area contributed by atoms with E-state index in [0.717, 1.165) is 5.57 Å². The molecule has 4 rings (SSSR count). The number of ether oxygens (including phenoxy) is 1. The number of hydrogen-bond acceptors (Lipinski definition) is 8. The van der Waals surface area contributed by atoms with E-state index in [2.05, 4.69) is 32.7 Å². The molecular formula is C23H29N7O4. The summed E-state index contributed by atoms with van der Waals surface area (Å²) in [5, 5.41) is 5.89. The van der Waals surface area contributed by atoms with Crippen LogP contribution in [-0.4, -0.2) is 71.8 Å². The third-order valence-corrected chi connectivity index (χ3v) is 5.68. The van der Waals surface area contributed by atoms with E-state index < -0.39 is 0 Å². The van der Waals surface area contributed by atoms with Crippen LogP contribution in [0.25, 0.3) is 0 Å². The topological polar surface area (TPSA) is 122 Å². The van der Waals surface area contributed by atoms with Crippen LogP contribution < -0.4 is 25.7 Å². The zero-order chi connectivity index (χ0) is 24.4. The summed E-state index contributed by atoms with van der Waals surface area (Å²) in [5.74, 6) is 0.849. The number of fused-ring (bicyclic) bond motifs is 2. The molecule has 1 unspecified atom stereocenters. The highest BCUT2D eigenvalue weighted by molar-refractivity contribution is 6.03. The molecule has 1 aromatic heterocycles. The van der Waals surface area contributed by atoms with Crippen molar-refractivity contribution in [2.75, 3.05) is 32.7 Å². The maximum absolute atomic E-state index is 13.1. The molecule has 2 aliphatic rings. The average Bonchev–Trinajstić information content (AvgIpc) is 3.34. The Hall–Kier alpha value is -3.86. The smallest absolute Gasteiger partial charge is 0.287 e. The third-order valence-electron chi connectivity index (χ3n) is 5.68. The Morgan fingerprint density at radius 2 is 2.15 bits per heavy atom. The van der Waals surface area contributed by atoms with Crippen LogP contribution in [0, 0.1) is 0 Å². The second-order valence-electron chi connectivity index (χ2n) is 8.45. The standard InChI is InChI=1S/C23H29N7O4/c1-13-6-15-10-25-17-8-19(18(33-5)7-16(17)23(32)30(15)11-13)34-28-20-12-29(4)21(27-20)22(31)26-14(2)9-24-3/h7-8,10,12,14-15,24,28H,1,6,9,11H2,2-5H3,(H,26,31)/t14?,15-/m0/s1. The summed E-state index contributed by atoms with van der Waals surface area (Å²) >= 11 is 0. The lowest BCUT2D eigenvalue weighted by Crippen LogP contribution is -2.39. The van der Waals surface area contributed by atoms with Gasteiger partial charge in [-0.1, -0.05) is 12.2 Å². The van der Waals surface area contributed by atoms with Crippen molar-refractivity contribution >= 4 is 29.5 Å². The largest absolute Gasteiger partial charge is 0.493 e. The Balaban J connectivity index is 1.52. The number of hydrogen-bond donors (Lipinski definition) is 3. The number of nitrogens with zero attached hydrogens (tertiary/aromatic N) is 4. The first kappa shape index (κ1) is 23.3.